The van der Waals surface area contributed by atoms with E-state index in [0.29, 0.717) is 10.4 Å². The highest BCUT2D eigenvalue weighted by atomic mass is 32.1. The minimum absolute atomic E-state index is 0.0187. The van der Waals surface area contributed by atoms with E-state index < -0.39 is 11.0 Å². The second kappa shape index (κ2) is 6.54. The molecule has 0 spiro atoms. The van der Waals surface area contributed by atoms with Crippen molar-refractivity contribution in [2.24, 2.45) is 5.10 Å². The van der Waals surface area contributed by atoms with Gasteiger partial charge in [0.05, 0.1) is 21.5 Å². The van der Waals surface area contributed by atoms with Gasteiger partial charge in [-0.3, -0.25) is 14.9 Å². The lowest BCUT2D eigenvalue weighted by molar-refractivity contribution is -0.380. The molecular weight excluding hydrogens is 332 g/mol. The van der Waals surface area contributed by atoms with E-state index in [4.69, 9.17) is 0 Å². The summed E-state index contributed by atoms with van der Waals surface area (Å²) in [6.45, 7) is 1.68. The molecule has 0 fully saturated rings. The Balaban J connectivity index is 1.67. The van der Waals surface area contributed by atoms with E-state index in [1.165, 1.54) is 17.0 Å². The molecule has 2 aromatic heterocycles. The Labute approximate surface area is 139 Å². The first-order valence-corrected chi connectivity index (χ1v) is 7.75. The third kappa shape index (κ3) is 3.13. The molecule has 2 heterocycles. The minimum Gasteiger partial charge on any atom is -0.271 e. The minimum atomic E-state index is -0.604. The molecule has 0 saturated heterocycles. The standard InChI is InChI=1S/C14H12N6O3S/c1-9(19-12-5-3-2-4-11(12)16-18-19)14(21)17-15-8-10-6-7-13(24-10)20(22)23/h2-9H,1H3,(H,17,21)/b15-8-/t9-/m1/s1. The Morgan fingerprint density at radius 1 is 1.42 bits per heavy atom. The maximum atomic E-state index is 12.2. The zero-order valence-corrected chi connectivity index (χ0v) is 13.3. The van der Waals surface area contributed by atoms with Crippen LogP contribution >= 0.6 is 11.3 Å². The van der Waals surface area contributed by atoms with Gasteiger partial charge in [0.25, 0.3) is 5.91 Å². The second-order valence-electron chi connectivity index (χ2n) is 4.87. The molecule has 0 unspecified atom stereocenters. The van der Waals surface area contributed by atoms with Crippen LogP contribution in [0.4, 0.5) is 5.00 Å². The van der Waals surface area contributed by atoms with Gasteiger partial charge in [0.2, 0.25) is 0 Å². The number of para-hydroxylation sites is 1. The molecule has 0 aliphatic rings. The molecule has 3 rings (SSSR count). The molecule has 24 heavy (non-hydrogen) atoms. The number of hydrazone groups is 1. The largest absolute Gasteiger partial charge is 0.324 e. The van der Waals surface area contributed by atoms with Crippen LogP contribution in [-0.2, 0) is 4.79 Å². The van der Waals surface area contributed by atoms with E-state index in [1.807, 2.05) is 24.3 Å². The normalized spacial score (nSPS) is 12.5. The number of aromatic nitrogens is 3. The van der Waals surface area contributed by atoms with Crippen molar-refractivity contribution in [2.75, 3.05) is 0 Å². The van der Waals surface area contributed by atoms with Gasteiger partial charge in [-0.1, -0.05) is 28.7 Å². The highest BCUT2D eigenvalue weighted by molar-refractivity contribution is 7.16. The molecule has 1 amide bonds. The van der Waals surface area contributed by atoms with Crippen molar-refractivity contribution in [3.63, 3.8) is 0 Å². The highest BCUT2D eigenvalue weighted by Gasteiger charge is 2.18. The van der Waals surface area contributed by atoms with Gasteiger partial charge in [-0.15, -0.1) is 5.10 Å². The Kier molecular flexibility index (Phi) is 4.29. The van der Waals surface area contributed by atoms with Crippen molar-refractivity contribution in [3.8, 4) is 0 Å². The van der Waals surface area contributed by atoms with Gasteiger partial charge in [0.15, 0.2) is 0 Å². The average molecular weight is 344 g/mol. The van der Waals surface area contributed by atoms with Gasteiger partial charge in [-0.2, -0.15) is 5.10 Å². The van der Waals surface area contributed by atoms with Crippen LogP contribution in [0.25, 0.3) is 11.0 Å². The van der Waals surface area contributed by atoms with Gasteiger partial charge >= 0.3 is 5.00 Å². The lowest BCUT2D eigenvalue weighted by Gasteiger charge is -2.10. The smallest absolute Gasteiger partial charge is 0.271 e. The monoisotopic (exact) mass is 344 g/mol. The fraction of sp³-hybridized carbons (Fsp3) is 0.143. The molecule has 0 bridgehead atoms. The molecule has 0 aliphatic carbocycles. The number of nitro groups is 1. The SMILES string of the molecule is C[C@H](C(=O)N/N=C\c1ccc([N+](=O)[O-])s1)n1nnc2ccccc21. The summed E-state index contributed by atoms with van der Waals surface area (Å²) in [5.41, 5.74) is 3.85. The highest BCUT2D eigenvalue weighted by Crippen LogP contribution is 2.22. The molecule has 9 nitrogen and oxygen atoms in total. The molecule has 1 atom stereocenters. The summed E-state index contributed by atoms with van der Waals surface area (Å²) < 4.78 is 1.51. The first-order chi connectivity index (χ1) is 11.6. The van der Waals surface area contributed by atoms with Crippen LogP contribution in [0.1, 0.15) is 17.8 Å². The second-order valence-corrected chi connectivity index (χ2v) is 5.96. The number of benzene rings is 1. The number of nitrogens with one attached hydrogen (secondary N) is 1. The molecule has 10 heteroatoms. The van der Waals surface area contributed by atoms with E-state index >= 15 is 0 Å². The van der Waals surface area contributed by atoms with Crippen LogP contribution in [0.3, 0.4) is 0 Å². The summed E-state index contributed by atoms with van der Waals surface area (Å²) in [4.78, 5) is 22.9. The van der Waals surface area contributed by atoms with Gasteiger partial charge in [-0.25, -0.2) is 10.1 Å². The Morgan fingerprint density at radius 2 is 2.21 bits per heavy atom. The molecular formula is C14H12N6O3S. The predicted molar refractivity (Wildman–Crippen MR) is 88.9 cm³/mol. The third-order valence-corrected chi connectivity index (χ3v) is 4.25. The van der Waals surface area contributed by atoms with Crippen molar-refractivity contribution in [3.05, 3.63) is 51.4 Å². The first kappa shape index (κ1) is 15.7. The Hall–Kier alpha value is -3.14. The van der Waals surface area contributed by atoms with Gasteiger partial charge < -0.3 is 0 Å². The molecule has 0 aliphatic heterocycles. The van der Waals surface area contributed by atoms with Crippen molar-refractivity contribution >= 4 is 39.5 Å². The van der Waals surface area contributed by atoms with Crippen LogP contribution in [0.15, 0.2) is 41.5 Å². The van der Waals surface area contributed by atoms with Gasteiger partial charge in [0.1, 0.15) is 11.6 Å². The Bertz CT molecular complexity index is 931. The third-order valence-electron chi connectivity index (χ3n) is 3.28. The summed E-state index contributed by atoms with van der Waals surface area (Å²) in [5, 5.41) is 22.4. The van der Waals surface area contributed by atoms with Crippen LogP contribution in [0.5, 0.6) is 0 Å². The van der Waals surface area contributed by atoms with E-state index in [-0.39, 0.29) is 10.9 Å². The van der Waals surface area contributed by atoms with Gasteiger partial charge in [0, 0.05) is 6.07 Å². The topological polar surface area (TPSA) is 115 Å². The van der Waals surface area contributed by atoms with Gasteiger partial charge in [-0.05, 0) is 25.1 Å². The molecule has 1 N–H and O–H groups in total. The number of hydrogen-bond donors (Lipinski definition) is 1. The zero-order valence-electron chi connectivity index (χ0n) is 12.5. The lowest BCUT2D eigenvalue weighted by Crippen LogP contribution is -2.28. The van der Waals surface area contributed by atoms with Crippen molar-refractivity contribution in [1.82, 2.24) is 20.4 Å². The number of fused-ring (bicyclic) bond motifs is 1. The number of carbonyl (C=O) groups excluding carboxylic acids is 1. The van der Waals surface area contributed by atoms with E-state index in [1.54, 1.807) is 13.0 Å². The van der Waals surface area contributed by atoms with E-state index in [2.05, 4.69) is 20.8 Å². The van der Waals surface area contributed by atoms with E-state index in [0.717, 1.165) is 16.9 Å². The number of carbonyl (C=O) groups is 1. The molecule has 3 aromatic rings. The maximum absolute atomic E-state index is 12.2. The fourth-order valence-corrected chi connectivity index (χ4v) is 2.74. The number of nitrogens with zero attached hydrogens (tertiary/aromatic N) is 5. The first-order valence-electron chi connectivity index (χ1n) is 6.93. The number of thiophene rings is 1. The average Bonchev–Trinajstić information content (AvgIpc) is 3.21. The van der Waals surface area contributed by atoms with Crippen molar-refractivity contribution in [2.45, 2.75) is 13.0 Å². The number of rotatable bonds is 5. The maximum Gasteiger partial charge on any atom is 0.324 e. The van der Waals surface area contributed by atoms with Crippen LogP contribution in [-0.4, -0.2) is 32.0 Å². The number of hydrogen-bond acceptors (Lipinski definition) is 7. The molecule has 0 saturated carbocycles. The summed E-state index contributed by atoms with van der Waals surface area (Å²) >= 11 is 0.973. The van der Waals surface area contributed by atoms with Crippen molar-refractivity contribution < 1.29 is 9.72 Å². The summed E-state index contributed by atoms with van der Waals surface area (Å²) in [5.74, 6) is -0.368. The van der Waals surface area contributed by atoms with Crippen LogP contribution in [0, 0.1) is 10.1 Å². The van der Waals surface area contributed by atoms with Crippen molar-refractivity contribution in [1.29, 1.82) is 0 Å². The summed E-state index contributed by atoms with van der Waals surface area (Å²) in [6.07, 6.45) is 1.36. The molecule has 122 valence electrons. The van der Waals surface area contributed by atoms with E-state index in [9.17, 15) is 14.9 Å². The zero-order chi connectivity index (χ0) is 17.1. The molecule has 0 radical (unpaired) electrons. The Morgan fingerprint density at radius 3 is 2.96 bits per heavy atom. The quantitative estimate of drug-likeness (QED) is 0.432. The summed E-state index contributed by atoms with van der Waals surface area (Å²) in [6, 6.07) is 9.67. The molecule has 1 aromatic carbocycles. The fourth-order valence-electron chi connectivity index (χ4n) is 2.05. The number of amides is 1. The van der Waals surface area contributed by atoms with Crippen LogP contribution < -0.4 is 5.43 Å². The summed E-state index contributed by atoms with van der Waals surface area (Å²) in [7, 11) is 0. The van der Waals surface area contributed by atoms with Crippen LogP contribution in [0.2, 0.25) is 0 Å². The predicted octanol–water partition coefficient (Wildman–Crippen LogP) is 2.11. The lowest BCUT2D eigenvalue weighted by atomic mass is 10.3.